The molecule has 1 atom stereocenters. The molecule has 2 aromatic rings. The molecule has 4 nitrogen and oxygen atoms in total. The van der Waals surface area contributed by atoms with Gasteiger partial charge in [0.05, 0.1) is 12.2 Å². The molecule has 2 aromatic carbocycles. The maximum atomic E-state index is 11.0. The molecule has 3 N–H and O–H groups in total. The minimum absolute atomic E-state index is 0.248. The summed E-state index contributed by atoms with van der Waals surface area (Å²) >= 11 is 0. The van der Waals surface area contributed by atoms with Crippen LogP contribution in [0.4, 0.5) is 0 Å². The molecule has 0 aliphatic heterocycles. The third kappa shape index (κ3) is 4.91. The van der Waals surface area contributed by atoms with Crippen LogP contribution >= 0.6 is 0 Å². The van der Waals surface area contributed by atoms with Gasteiger partial charge < -0.3 is 9.84 Å². The monoisotopic (exact) mass is 327 g/mol. The first-order chi connectivity index (χ1) is 11.5. The van der Waals surface area contributed by atoms with E-state index >= 15 is 0 Å². The zero-order valence-corrected chi connectivity index (χ0v) is 14.1. The van der Waals surface area contributed by atoms with Crippen molar-refractivity contribution in [2.75, 3.05) is 0 Å². The van der Waals surface area contributed by atoms with Crippen molar-refractivity contribution in [3.8, 4) is 0 Å². The molecule has 0 saturated carbocycles. The van der Waals surface area contributed by atoms with Crippen LogP contribution in [0, 0.1) is 0 Å². The molecule has 0 aliphatic rings. The second-order valence-electron chi connectivity index (χ2n) is 6.00. The predicted molar refractivity (Wildman–Crippen MR) is 94.6 cm³/mol. The summed E-state index contributed by atoms with van der Waals surface area (Å²) in [6, 6.07) is 16.5. The molecule has 0 bridgehead atoms. The van der Waals surface area contributed by atoms with Crippen LogP contribution in [-0.2, 0) is 17.1 Å². The smallest absolute Gasteiger partial charge is 0.335 e. The lowest BCUT2D eigenvalue weighted by atomic mass is 9.95. The summed E-state index contributed by atoms with van der Waals surface area (Å²) < 4.78 is 6.08. The number of carbonyl (C=O) groups is 1. The summed E-state index contributed by atoms with van der Waals surface area (Å²) in [6.45, 7) is 2.56. The van der Waals surface area contributed by atoms with Crippen LogP contribution in [0.15, 0.2) is 54.6 Å². The predicted octanol–water partition coefficient (Wildman–Crippen LogP) is 4.29. The molecule has 24 heavy (non-hydrogen) atoms. The number of rotatable bonds is 9. The zero-order chi connectivity index (χ0) is 17.4. The van der Waals surface area contributed by atoms with Crippen LogP contribution < -0.4 is 5.73 Å². The molecule has 0 aromatic heterocycles. The van der Waals surface area contributed by atoms with Crippen LogP contribution in [0.2, 0.25) is 0 Å². The average molecular weight is 327 g/mol. The van der Waals surface area contributed by atoms with Gasteiger partial charge >= 0.3 is 5.97 Å². The van der Waals surface area contributed by atoms with Crippen molar-refractivity contribution in [1.82, 2.24) is 0 Å². The maximum Gasteiger partial charge on any atom is 0.335 e. The molecule has 0 heterocycles. The SMILES string of the molecule is CCCCCC(N)(OCc1ccccc1)c1ccc(C(=O)O)cc1. The number of hydrogen-bond acceptors (Lipinski definition) is 3. The molecule has 2 rings (SSSR count). The van der Waals surface area contributed by atoms with Crippen LogP contribution in [0.25, 0.3) is 0 Å². The van der Waals surface area contributed by atoms with Crippen LogP contribution in [0.1, 0.15) is 54.1 Å². The highest BCUT2D eigenvalue weighted by atomic mass is 16.5. The van der Waals surface area contributed by atoms with Gasteiger partial charge in [-0.2, -0.15) is 0 Å². The van der Waals surface area contributed by atoms with E-state index in [0.717, 1.165) is 30.4 Å². The van der Waals surface area contributed by atoms with E-state index in [4.69, 9.17) is 15.6 Å². The van der Waals surface area contributed by atoms with Gasteiger partial charge in [0.1, 0.15) is 5.72 Å². The Balaban J connectivity index is 2.16. The number of ether oxygens (including phenoxy) is 1. The molecule has 4 heteroatoms. The van der Waals surface area contributed by atoms with Crippen LogP contribution in [-0.4, -0.2) is 11.1 Å². The lowest BCUT2D eigenvalue weighted by Crippen LogP contribution is -2.39. The lowest BCUT2D eigenvalue weighted by Gasteiger charge is -2.30. The van der Waals surface area contributed by atoms with Gasteiger partial charge in [-0.3, -0.25) is 5.73 Å². The standard InChI is InChI=1S/C20H25NO3/c1-2-3-7-14-20(21,24-15-16-8-5-4-6-9-16)18-12-10-17(11-13-18)19(22)23/h4-6,8-13H,2-3,7,14-15,21H2,1H3,(H,22,23). The summed E-state index contributed by atoms with van der Waals surface area (Å²) in [5.74, 6) is -0.944. The summed E-state index contributed by atoms with van der Waals surface area (Å²) in [4.78, 5) is 11.0. The Hall–Kier alpha value is -2.17. The van der Waals surface area contributed by atoms with E-state index in [-0.39, 0.29) is 5.56 Å². The average Bonchev–Trinajstić information content (AvgIpc) is 2.61. The van der Waals surface area contributed by atoms with Gasteiger partial charge in [-0.1, -0.05) is 62.2 Å². The highest BCUT2D eigenvalue weighted by molar-refractivity contribution is 5.87. The van der Waals surface area contributed by atoms with Crippen molar-refractivity contribution in [3.63, 3.8) is 0 Å². The fourth-order valence-corrected chi connectivity index (χ4v) is 2.62. The van der Waals surface area contributed by atoms with Gasteiger partial charge in [0, 0.05) is 0 Å². The molecule has 1 unspecified atom stereocenters. The molecule has 0 aliphatic carbocycles. The first kappa shape index (κ1) is 18.2. The summed E-state index contributed by atoms with van der Waals surface area (Å²) in [7, 11) is 0. The molecule has 0 spiro atoms. The number of unbranched alkanes of at least 4 members (excludes halogenated alkanes) is 2. The molecule has 128 valence electrons. The number of benzene rings is 2. The van der Waals surface area contributed by atoms with Crippen molar-refractivity contribution in [3.05, 3.63) is 71.3 Å². The highest BCUT2D eigenvalue weighted by Crippen LogP contribution is 2.28. The summed E-state index contributed by atoms with van der Waals surface area (Å²) in [5, 5.41) is 9.04. The second kappa shape index (κ2) is 8.62. The van der Waals surface area contributed by atoms with E-state index in [1.165, 1.54) is 0 Å². The Bertz CT molecular complexity index is 640. The number of aromatic carboxylic acids is 1. The van der Waals surface area contributed by atoms with Gasteiger partial charge in [-0.05, 0) is 36.1 Å². The Morgan fingerprint density at radius 2 is 1.75 bits per heavy atom. The van der Waals surface area contributed by atoms with E-state index in [9.17, 15) is 4.79 Å². The molecule has 0 fully saturated rings. The fraction of sp³-hybridized carbons (Fsp3) is 0.350. The van der Waals surface area contributed by atoms with Crippen molar-refractivity contribution < 1.29 is 14.6 Å². The van der Waals surface area contributed by atoms with Crippen molar-refractivity contribution in [2.45, 2.75) is 44.9 Å². The number of carboxylic acid groups (broad SMARTS) is 1. The van der Waals surface area contributed by atoms with E-state index in [1.807, 2.05) is 30.3 Å². The molecule has 0 amide bonds. The number of carboxylic acids is 1. The van der Waals surface area contributed by atoms with Gasteiger partial charge in [0.2, 0.25) is 0 Å². The molecule has 0 radical (unpaired) electrons. The van der Waals surface area contributed by atoms with E-state index in [0.29, 0.717) is 13.0 Å². The lowest BCUT2D eigenvalue weighted by molar-refractivity contribution is -0.0656. The third-order valence-electron chi connectivity index (χ3n) is 4.11. The molecular weight excluding hydrogens is 302 g/mol. The summed E-state index contributed by atoms with van der Waals surface area (Å²) in [5.41, 5.74) is 7.76. The van der Waals surface area contributed by atoms with Gasteiger partial charge in [-0.15, -0.1) is 0 Å². The largest absolute Gasteiger partial charge is 0.478 e. The third-order valence-corrected chi connectivity index (χ3v) is 4.11. The zero-order valence-electron chi connectivity index (χ0n) is 14.1. The highest BCUT2D eigenvalue weighted by Gasteiger charge is 2.28. The minimum Gasteiger partial charge on any atom is -0.478 e. The van der Waals surface area contributed by atoms with Crippen LogP contribution in [0.3, 0.4) is 0 Å². The maximum absolute atomic E-state index is 11.0. The Kier molecular flexibility index (Phi) is 6.53. The van der Waals surface area contributed by atoms with Crippen molar-refractivity contribution in [2.24, 2.45) is 5.73 Å². The quantitative estimate of drug-likeness (QED) is 0.532. The van der Waals surface area contributed by atoms with Gasteiger partial charge in [-0.25, -0.2) is 4.79 Å². The number of hydrogen-bond donors (Lipinski definition) is 2. The molecular formula is C20H25NO3. The van der Waals surface area contributed by atoms with Crippen LogP contribution in [0.5, 0.6) is 0 Å². The first-order valence-electron chi connectivity index (χ1n) is 8.36. The fourth-order valence-electron chi connectivity index (χ4n) is 2.62. The van der Waals surface area contributed by atoms with Crippen molar-refractivity contribution >= 4 is 5.97 Å². The topological polar surface area (TPSA) is 72.5 Å². The van der Waals surface area contributed by atoms with E-state index in [2.05, 4.69) is 6.92 Å². The first-order valence-corrected chi connectivity index (χ1v) is 8.36. The summed E-state index contributed by atoms with van der Waals surface area (Å²) in [6.07, 6.45) is 3.84. The van der Waals surface area contributed by atoms with Gasteiger partial charge in [0.15, 0.2) is 0 Å². The Morgan fingerprint density at radius 1 is 1.08 bits per heavy atom. The Morgan fingerprint density at radius 3 is 2.33 bits per heavy atom. The van der Waals surface area contributed by atoms with Crippen molar-refractivity contribution in [1.29, 1.82) is 0 Å². The Labute approximate surface area is 143 Å². The van der Waals surface area contributed by atoms with E-state index in [1.54, 1.807) is 24.3 Å². The van der Waals surface area contributed by atoms with E-state index < -0.39 is 11.7 Å². The minimum atomic E-state index is -0.944. The second-order valence-corrected chi connectivity index (χ2v) is 6.00. The molecule has 0 saturated heterocycles. The van der Waals surface area contributed by atoms with Gasteiger partial charge in [0.25, 0.3) is 0 Å². The number of nitrogens with two attached hydrogens (primary N) is 1. The normalized spacial score (nSPS) is 13.4.